The molecule has 2 heterocycles. The van der Waals surface area contributed by atoms with Gasteiger partial charge in [0.25, 0.3) is 0 Å². The molecule has 0 aromatic heterocycles. The maximum Gasteiger partial charge on any atom is 0.0825 e. The fraction of sp³-hybridized carbons (Fsp3) is 0.429. The molecule has 0 amide bonds. The van der Waals surface area contributed by atoms with Crippen LogP contribution in [0.3, 0.4) is 0 Å². The first-order chi connectivity index (χ1) is 12.7. The first-order valence-corrected chi connectivity index (χ1v) is 10.2. The largest absolute Gasteiger partial charge is 0.368 e. The quantitative estimate of drug-likeness (QED) is 0.734. The summed E-state index contributed by atoms with van der Waals surface area (Å²) in [6, 6.07) is 14.7. The summed E-state index contributed by atoms with van der Waals surface area (Å²) in [4.78, 5) is 7.57. The van der Waals surface area contributed by atoms with Crippen molar-refractivity contribution in [1.29, 1.82) is 0 Å². The van der Waals surface area contributed by atoms with E-state index in [9.17, 15) is 0 Å². The van der Waals surface area contributed by atoms with Crippen molar-refractivity contribution in [3.8, 4) is 0 Å². The molecule has 0 bridgehead atoms. The maximum atomic E-state index is 6.42. The lowest BCUT2D eigenvalue weighted by Crippen LogP contribution is -2.55. The number of hydrogen-bond acceptors (Lipinski definition) is 3. The summed E-state index contributed by atoms with van der Waals surface area (Å²) in [7, 11) is 0. The highest BCUT2D eigenvalue weighted by Gasteiger charge is 2.31. The van der Waals surface area contributed by atoms with E-state index in [0.29, 0.717) is 16.2 Å². The molecule has 0 aliphatic carbocycles. The van der Waals surface area contributed by atoms with Gasteiger partial charge in [-0.2, -0.15) is 0 Å². The van der Waals surface area contributed by atoms with E-state index in [0.717, 1.165) is 51.3 Å². The van der Waals surface area contributed by atoms with Gasteiger partial charge in [-0.25, -0.2) is 0 Å². The van der Waals surface area contributed by atoms with Crippen LogP contribution in [0.25, 0.3) is 0 Å². The predicted octanol–water partition coefficient (Wildman–Crippen LogP) is 4.91. The van der Waals surface area contributed by atoms with E-state index in [4.69, 9.17) is 23.2 Å². The van der Waals surface area contributed by atoms with Gasteiger partial charge in [0.1, 0.15) is 0 Å². The van der Waals surface area contributed by atoms with Gasteiger partial charge in [-0.3, -0.25) is 4.90 Å². The molecule has 2 aliphatic rings. The summed E-state index contributed by atoms with van der Waals surface area (Å²) in [6.45, 7) is 7.46. The van der Waals surface area contributed by atoms with Crippen molar-refractivity contribution >= 4 is 34.6 Å². The van der Waals surface area contributed by atoms with E-state index in [1.807, 2.05) is 12.1 Å². The Morgan fingerprint density at radius 3 is 2.38 bits per heavy atom. The number of piperazine rings is 1. The van der Waals surface area contributed by atoms with Gasteiger partial charge in [-0.1, -0.05) is 54.4 Å². The Kier molecular flexibility index (Phi) is 5.30. The van der Waals surface area contributed by atoms with E-state index < -0.39 is 0 Å². The third kappa shape index (κ3) is 3.28. The smallest absolute Gasteiger partial charge is 0.0825 e. The molecule has 5 heteroatoms. The van der Waals surface area contributed by atoms with Crippen LogP contribution in [-0.4, -0.2) is 43.8 Å². The Morgan fingerprint density at radius 2 is 1.62 bits per heavy atom. The van der Waals surface area contributed by atoms with Gasteiger partial charge in [-0.05, 0) is 36.6 Å². The summed E-state index contributed by atoms with van der Waals surface area (Å²) < 4.78 is 0. The SMILES string of the molecule is CCC(N1CCN(c2cccc(Cl)c2Cl)CC1)N1CCc2ccccc21. The van der Waals surface area contributed by atoms with E-state index in [1.165, 1.54) is 11.3 Å². The number of benzene rings is 2. The molecule has 1 saturated heterocycles. The Morgan fingerprint density at radius 1 is 0.885 bits per heavy atom. The van der Waals surface area contributed by atoms with Crippen LogP contribution in [0.2, 0.25) is 10.0 Å². The van der Waals surface area contributed by atoms with Crippen molar-refractivity contribution in [3.63, 3.8) is 0 Å². The van der Waals surface area contributed by atoms with Crippen molar-refractivity contribution < 1.29 is 0 Å². The van der Waals surface area contributed by atoms with E-state index in [1.54, 1.807) is 0 Å². The van der Waals surface area contributed by atoms with Crippen LogP contribution in [0.1, 0.15) is 18.9 Å². The molecule has 0 N–H and O–H groups in total. The van der Waals surface area contributed by atoms with E-state index >= 15 is 0 Å². The first kappa shape index (κ1) is 18.0. The fourth-order valence-electron chi connectivity index (χ4n) is 4.35. The summed E-state index contributed by atoms with van der Waals surface area (Å²) in [6.07, 6.45) is 2.76. The first-order valence-electron chi connectivity index (χ1n) is 9.46. The number of anilines is 2. The molecule has 1 fully saturated rings. The minimum absolute atomic E-state index is 0.468. The average molecular weight is 390 g/mol. The second kappa shape index (κ2) is 7.67. The number of hydrogen-bond donors (Lipinski definition) is 0. The molecule has 2 aromatic carbocycles. The fourth-order valence-corrected chi connectivity index (χ4v) is 4.76. The molecule has 4 rings (SSSR count). The summed E-state index contributed by atoms with van der Waals surface area (Å²) >= 11 is 12.6. The lowest BCUT2D eigenvalue weighted by atomic mass is 10.1. The lowest BCUT2D eigenvalue weighted by molar-refractivity contribution is 0.176. The molecule has 138 valence electrons. The monoisotopic (exact) mass is 389 g/mol. The third-order valence-corrected chi connectivity index (χ3v) is 6.46. The number of rotatable bonds is 4. The van der Waals surface area contributed by atoms with Crippen molar-refractivity contribution in [2.75, 3.05) is 42.5 Å². The normalized spacial score (nSPS) is 18.9. The van der Waals surface area contributed by atoms with Crippen LogP contribution in [0.15, 0.2) is 42.5 Å². The Balaban J connectivity index is 1.46. The van der Waals surface area contributed by atoms with Gasteiger partial charge in [0.05, 0.1) is 21.9 Å². The molecule has 0 saturated carbocycles. The number of nitrogens with zero attached hydrogens (tertiary/aromatic N) is 3. The molecule has 0 spiro atoms. The minimum Gasteiger partial charge on any atom is -0.368 e. The zero-order valence-electron chi connectivity index (χ0n) is 15.2. The van der Waals surface area contributed by atoms with Crippen molar-refractivity contribution in [2.45, 2.75) is 25.9 Å². The summed E-state index contributed by atoms with van der Waals surface area (Å²) in [5.74, 6) is 0. The number of para-hydroxylation sites is 1. The maximum absolute atomic E-state index is 6.42. The van der Waals surface area contributed by atoms with Crippen LogP contribution >= 0.6 is 23.2 Å². The van der Waals surface area contributed by atoms with Crippen LogP contribution in [-0.2, 0) is 6.42 Å². The number of halogens is 2. The lowest BCUT2D eigenvalue weighted by Gasteiger charge is -2.44. The van der Waals surface area contributed by atoms with Gasteiger partial charge >= 0.3 is 0 Å². The molecule has 3 nitrogen and oxygen atoms in total. The Labute approximate surface area is 166 Å². The van der Waals surface area contributed by atoms with E-state index in [2.05, 4.69) is 52.0 Å². The summed E-state index contributed by atoms with van der Waals surface area (Å²) in [5.41, 5.74) is 3.95. The molecule has 26 heavy (non-hydrogen) atoms. The Bertz CT molecular complexity index is 772. The van der Waals surface area contributed by atoms with Crippen LogP contribution in [0.5, 0.6) is 0 Å². The van der Waals surface area contributed by atoms with Gasteiger partial charge in [0.2, 0.25) is 0 Å². The van der Waals surface area contributed by atoms with Crippen LogP contribution < -0.4 is 9.80 Å². The molecule has 2 aliphatic heterocycles. The molecule has 1 atom stereocenters. The Hall–Kier alpha value is -1.42. The van der Waals surface area contributed by atoms with E-state index in [-0.39, 0.29) is 0 Å². The second-order valence-corrected chi connectivity index (χ2v) is 7.84. The van der Waals surface area contributed by atoms with Gasteiger partial charge in [0, 0.05) is 38.4 Å². The average Bonchev–Trinajstić information content (AvgIpc) is 3.09. The molecule has 2 aromatic rings. The molecule has 1 unspecified atom stereocenters. The minimum atomic E-state index is 0.468. The highest BCUT2D eigenvalue weighted by Crippen LogP contribution is 2.34. The van der Waals surface area contributed by atoms with Crippen molar-refractivity contribution in [2.24, 2.45) is 0 Å². The summed E-state index contributed by atoms with van der Waals surface area (Å²) in [5, 5.41) is 1.30. The topological polar surface area (TPSA) is 9.72 Å². The van der Waals surface area contributed by atoms with Gasteiger partial charge < -0.3 is 9.80 Å². The predicted molar refractivity (Wildman–Crippen MR) is 112 cm³/mol. The van der Waals surface area contributed by atoms with Gasteiger partial charge in [0.15, 0.2) is 0 Å². The second-order valence-electron chi connectivity index (χ2n) is 7.06. The highest BCUT2D eigenvalue weighted by atomic mass is 35.5. The third-order valence-electron chi connectivity index (χ3n) is 5.66. The van der Waals surface area contributed by atoms with Crippen LogP contribution in [0, 0.1) is 0 Å². The molecular formula is C21H25Cl2N3. The van der Waals surface area contributed by atoms with Crippen molar-refractivity contribution in [1.82, 2.24) is 4.90 Å². The van der Waals surface area contributed by atoms with Crippen LogP contribution in [0.4, 0.5) is 11.4 Å². The van der Waals surface area contributed by atoms with Crippen molar-refractivity contribution in [3.05, 3.63) is 58.1 Å². The number of fused-ring (bicyclic) bond motifs is 1. The zero-order valence-corrected chi connectivity index (χ0v) is 16.7. The molecular weight excluding hydrogens is 365 g/mol. The highest BCUT2D eigenvalue weighted by molar-refractivity contribution is 6.43. The zero-order chi connectivity index (χ0) is 18.1. The molecule has 0 radical (unpaired) electrons. The van der Waals surface area contributed by atoms with Gasteiger partial charge in [-0.15, -0.1) is 0 Å². The standard InChI is InChI=1S/C21H25Cl2N3/c1-2-20(26-11-10-16-6-3-4-8-18(16)26)25-14-12-24(13-15-25)19-9-5-7-17(22)21(19)23/h3-9,20H,2,10-15H2,1H3.